The van der Waals surface area contributed by atoms with Gasteiger partial charge in [0, 0.05) is 5.02 Å². The molecular weight excluding hydrogens is 506 g/mol. The van der Waals surface area contributed by atoms with Gasteiger partial charge in [-0.25, -0.2) is 25.3 Å². The van der Waals surface area contributed by atoms with E-state index in [1.54, 1.807) is 24.3 Å². The normalized spacial score (nSPS) is 18.3. The van der Waals surface area contributed by atoms with Gasteiger partial charge in [0.25, 0.3) is 0 Å². The number of halogens is 1. The molecule has 3 aromatic carbocycles. The Balaban J connectivity index is 1.54. The van der Waals surface area contributed by atoms with Crippen LogP contribution in [-0.2, 0) is 29.7 Å². The molecule has 1 atom stereocenters. The summed E-state index contributed by atoms with van der Waals surface area (Å²) in [6, 6.07) is 18.1. The van der Waals surface area contributed by atoms with Gasteiger partial charge in [-0.05, 0) is 72.5 Å². The second-order valence-corrected chi connectivity index (χ2v) is 14.0. The van der Waals surface area contributed by atoms with Crippen molar-refractivity contribution in [2.45, 2.75) is 32.9 Å². The first-order chi connectivity index (χ1) is 15.5. The highest BCUT2D eigenvalue weighted by molar-refractivity contribution is 7.94. The van der Waals surface area contributed by atoms with Crippen LogP contribution in [0.25, 0.3) is 11.1 Å². The molecule has 0 bridgehead atoms. The third-order valence-electron chi connectivity index (χ3n) is 5.40. The summed E-state index contributed by atoms with van der Waals surface area (Å²) >= 11 is 5.83. The van der Waals surface area contributed by atoms with E-state index in [4.69, 9.17) is 11.6 Å². The summed E-state index contributed by atoms with van der Waals surface area (Å²) in [5.74, 6) is -0.0249. The van der Waals surface area contributed by atoms with Gasteiger partial charge < -0.3 is 0 Å². The molecule has 1 N–H and O–H groups in total. The first-order valence-corrected chi connectivity index (χ1v) is 15.0. The van der Waals surface area contributed by atoms with Crippen molar-refractivity contribution < 1.29 is 25.3 Å². The van der Waals surface area contributed by atoms with E-state index >= 15 is 0 Å². The van der Waals surface area contributed by atoms with Gasteiger partial charge >= 0.3 is 0 Å². The average molecular weight is 526 g/mol. The first-order valence-electron chi connectivity index (χ1n) is 9.94. The minimum absolute atomic E-state index is 0.0249. The summed E-state index contributed by atoms with van der Waals surface area (Å²) in [5.41, 5.74) is 1.37. The van der Waals surface area contributed by atoms with E-state index in [1.807, 2.05) is 0 Å². The largest absolute Gasteiger partial charge is 0.241 e. The molecule has 1 aliphatic rings. The fourth-order valence-corrected chi connectivity index (χ4v) is 8.40. The molecule has 4 rings (SSSR count). The molecule has 1 heterocycles. The van der Waals surface area contributed by atoms with Crippen LogP contribution in [0.3, 0.4) is 0 Å². The number of hydrogen-bond donors (Lipinski definition) is 1. The van der Waals surface area contributed by atoms with E-state index < -0.39 is 35.1 Å². The third kappa shape index (κ3) is 4.99. The van der Waals surface area contributed by atoms with Crippen LogP contribution in [0.15, 0.2) is 87.5 Å². The number of hydrogen-bond acceptors (Lipinski definition) is 6. The maximum atomic E-state index is 12.8. The highest BCUT2D eigenvalue weighted by Gasteiger charge is 2.34. The smallest absolute Gasteiger partial charge is 0.227 e. The van der Waals surface area contributed by atoms with E-state index in [1.165, 1.54) is 48.5 Å². The molecule has 11 heteroatoms. The van der Waals surface area contributed by atoms with Crippen molar-refractivity contribution in [1.82, 2.24) is 4.72 Å². The van der Waals surface area contributed by atoms with Crippen molar-refractivity contribution in [1.29, 1.82) is 0 Å². The zero-order valence-electron chi connectivity index (χ0n) is 17.2. The van der Waals surface area contributed by atoms with E-state index in [0.29, 0.717) is 22.6 Å². The molecule has 1 fully saturated rings. The molecule has 7 nitrogen and oxygen atoms in total. The Kier molecular flexibility index (Phi) is 6.41. The first kappa shape index (κ1) is 23.9. The lowest BCUT2D eigenvalue weighted by atomic mass is 10.1. The van der Waals surface area contributed by atoms with Crippen molar-refractivity contribution in [3.05, 3.63) is 77.8 Å². The summed E-state index contributed by atoms with van der Waals surface area (Å²) < 4.78 is 76.9. The van der Waals surface area contributed by atoms with Gasteiger partial charge in [0.05, 0.1) is 20.4 Å². The minimum Gasteiger partial charge on any atom is -0.227 e. The van der Waals surface area contributed by atoms with Crippen LogP contribution in [0.4, 0.5) is 0 Å². The van der Waals surface area contributed by atoms with Crippen molar-refractivity contribution >= 4 is 41.3 Å². The highest BCUT2D eigenvalue weighted by Crippen LogP contribution is 2.27. The predicted octanol–water partition coefficient (Wildman–Crippen LogP) is 3.65. The van der Waals surface area contributed by atoms with Gasteiger partial charge in [-0.3, -0.25) is 0 Å². The monoisotopic (exact) mass is 525 g/mol. The lowest BCUT2D eigenvalue weighted by molar-refractivity contribution is 0.559. The maximum absolute atomic E-state index is 12.8. The van der Waals surface area contributed by atoms with Crippen LogP contribution in [0.2, 0.25) is 5.02 Å². The average Bonchev–Trinajstić information content (AvgIpc) is 3.11. The second-order valence-electron chi connectivity index (χ2n) is 7.63. The molecule has 174 valence electrons. The fourth-order valence-electron chi connectivity index (χ4n) is 3.57. The van der Waals surface area contributed by atoms with Crippen molar-refractivity contribution in [2.75, 3.05) is 5.75 Å². The van der Waals surface area contributed by atoms with Crippen molar-refractivity contribution in [3.8, 4) is 11.1 Å². The highest BCUT2D eigenvalue weighted by atomic mass is 35.5. The molecular formula is C22H20ClNO6S3. The van der Waals surface area contributed by atoms with Crippen LogP contribution >= 0.6 is 11.6 Å². The van der Waals surface area contributed by atoms with Gasteiger partial charge in [-0.15, -0.1) is 0 Å². The topological polar surface area (TPSA) is 114 Å². The Morgan fingerprint density at radius 1 is 0.727 bits per heavy atom. The van der Waals surface area contributed by atoms with Crippen LogP contribution in [0.1, 0.15) is 12.8 Å². The standard InChI is InChI=1S/C22H20ClNO6S3/c23-18-7-13-20(14-8-18)32(27,28)19-9-3-16(4-10-19)17-5-11-21(12-6-17)33(29,30)24-22-2-1-15-31(22,25)26/h3-14,22,24H,1-2,15H2. The molecule has 33 heavy (non-hydrogen) atoms. The summed E-state index contributed by atoms with van der Waals surface area (Å²) in [4.78, 5) is 0.205. The number of sulfonamides is 1. The zero-order valence-corrected chi connectivity index (χ0v) is 20.4. The molecule has 3 aromatic rings. The Bertz CT molecular complexity index is 1480. The quantitative estimate of drug-likeness (QED) is 0.525. The summed E-state index contributed by atoms with van der Waals surface area (Å²) in [6.45, 7) is 0. The van der Waals surface area contributed by atoms with Crippen LogP contribution in [0, 0.1) is 0 Å². The summed E-state index contributed by atoms with van der Waals surface area (Å²) in [7, 11) is -11.2. The lowest BCUT2D eigenvalue weighted by Gasteiger charge is -2.13. The lowest BCUT2D eigenvalue weighted by Crippen LogP contribution is -2.37. The second kappa shape index (κ2) is 8.84. The fraction of sp³-hybridized carbons (Fsp3) is 0.182. The van der Waals surface area contributed by atoms with E-state index in [0.717, 1.165) is 0 Å². The molecule has 1 unspecified atom stereocenters. The molecule has 1 aliphatic heterocycles. The Morgan fingerprint density at radius 2 is 1.18 bits per heavy atom. The molecule has 0 saturated carbocycles. The van der Waals surface area contributed by atoms with Crippen LogP contribution in [0.5, 0.6) is 0 Å². The molecule has 0 spiro atoms. The number of sulfone groups is 2. The van der Waals surface area contributed by atoms with E-state index in [9.17, 15) is 25.3 Å². The third-order valence-corrected chi connectivity index (χ3v) is 11.2. The minimum atomic E-state index is -3.99. The zero-order chi connectivity index (χ0) is 23.9. The Morgan fingerprint density at radius 3 is 1.64 bits per heavy atom. The summed E-state index contributed by atoms with van der Waals surface area (Å²) in [5, 5.41) is -0.660. The van der Waals surface area contributed by atoms with Crippen LogP contribution < -0.4 is 4.72 Å². The predicted molar refractivity (Wildman–Crippen MR) is 126 cm³/mol. The number of nitrogens with one attached hydrogen (secondary N) is 1. The van der Waals surface area contributed by atoms with Gasteiger partial charge in [0.1, 0.15) is 5.37 Å². The SMILES string of the molecule is O=S(=O)(NC1CCCS1(=O)=O)c1ccc(-c2ccc(S(=O)(=O)c3ccc(Cl)cc3)cc2)cc1. The molecule has 1 saturated heterocycles. The molecule has 0 radical (unpaired) electrons. The van der Waals surface area contributed by atoms with Gasteiger partial charge in [-0.2, -0.15) is 4.72 Å². The number of benzene rings is 3. The molecule has 0 aliphatic carbocycles. The van der Waals surface area contributed by atoms with E-state index in [-0.39, 0.29) is 26.9 Å². The van der Waals surface area contributed by atoms with Crippen molar-refractivity contribution in [3.63, 3.8) is 0 Å². The Labute approximate surface area is 198 Å². The van der Waals surface area contributed by atoms with Gasteiger partial charge in [-0.1, -0.05) is 35.9 Å². The Hall–Kier alpha value is -2.24. The van der Waals surface area contributed by atoms with Gasteiger partial charge in [0.2, 0.25) is 19.9 Å². The van der Waals surface area contributed by atoms with E-state index in [2.05, 4.69) is 4.72 Å². The van der Waals surface area contributed by atoms with Gasteiger partial charge in [0.15, 0.2) is 9.84 Å². The summed E-state index contributed by atoms with van der Waals surface area (Å²) in [6.07, 6.45) is 0.684. The molecule has 0 aromatic heterocycles. The maximum Gasteiger partial charge on any atom is 0.241 e. The number of rotatable bonds is 6. The van der Waals surface area contributed by atoms with Crippen molar-refractivity contribution in [2.24, 2.45) is 0 Å². The molecule has 0 amide bonds. The van der Waals surface area contributed by atoms with Crippen LogP contribution in [-0.4, -0.2) is 36.4 Å².